The zero-order valence-electron chi connectivity index (χ0n) is 17.8. The normalized spacial score (nSPS) is 14.9. The molecule has 12 heteroatoms. The van der Waals surface area contributed by atoms with Crippen LogP contribution in [0.3, 0.4) is 0 Å². The summed E-state index contributed by atoms with van der Waals surface area (Å²) in [4.78, 5) is 19.3. The van der Waals surface area contributed by atoms with E-state index in [1.165, 1.54) is 7.11 Å². The predicted octanol–water partition coefficient (Wildman–Crippen LogP) is 2.26. The molecule has 0 unspecified atom stereocenters. The first-order chi connectivity index (χ1) is 15.5. The van der Waals surface area contributed by atoms with Gasteiger partial charge in [0.15, 0.2) is 0 Å². The van der Waals surface area contributed by atoms with Gasteiger partial charge < -0.3 is 29.6 Å². The summed E-state index contributed by atoms with van der Waals surface area (Å²) in [7, 11) is 3.35. The standard InChI is InChI=1S/C20H24F2N8O2/c1-29-10-17(24-12-29)26-16-8-18(30-3-5-32-6-4-30)28-20(27-16)25-15(11-31-2)19-14(22)7-13(21)9-23-19/h7-10,12,15H,3-6,11H2,1-2H3,(H2,25,26,27,28)/t15-/m0/s1. The number of anilines is 4. The molecule has 0 radical (unpaired) electrons. The maximum atomic E-state index is 14.4. The second kappa shape index (κ2) is 9.83. The highest BCUT2D eigenvalue weighted by atomic mass is 19.1. The third kappa shape index (κ3) is 5.26. The van der Waals surface area contributed by atoms with E-state index >= 15 is 0 Å². The molecule has 170 valence electrons. The van der Waals surface area contributed by atoms with Crippen molar-refractivity contribution in [3.8, 4) is 0 Å². The van der Waals surface area contributed by atoms with Gasteiger partial charge in [-0.1, -0.05) is 0 Å². The molecule has 4 rings (SSSR count). The van der Waals surface area contributed by atoms with E-state index in [-0.39, 0.29) is 18.2 Å². The van der Waals surface area contributed by atoms with Crippen LogP contribution < -0.4 is 15.5 Å². The molecule has 3 aromatic rings. The maximum Gasteiger partial charge on any atom is 0.227 e. The van der Waals surface area contributed by atoms with Crippen LogP contribution in [-0.2, 0) is 16.5 Å². The van der Waals surface area contributed by atoms with E-state index in [1.54, 1.807) is 6.33 Å². The minimum absolute atomic E-state index is 0.00728. The SMILES string of the molecule is COC[C@H](Nc1nc(Nc2cn(C)cn2)cc(N2CCOCC2)n1)c1ncc(F)cc1F. The number of methoxy groups -OCH3 is 1. The fraction of sp³-hybridized carbons (Fsp3) is 0.400. The van der Waals surface area contributed by atoms with Crippen LogP contribution in [0.25, 0.3) is 0 Å². The molecule has 1 aliphatic heterocycles. The smallest absolute Gasteiger partial charge is 0.227 e. The number of morpholine rings is 1. The summed E-state index contributed by atoms with van der Waals surface area (Å²) in [5.74, 6) is 0.495. The van der Waals surface area contributed by atoms with Gasteiger partial charge in [-0.3, -0.25) is 4.98 Å². The van der Waals surface area contributed by atoms with Crippen molar-refractivity contribution in [3.63, 3.8) is 0 Å². The van der Waals surface area contributed by atoms with Gasteiger partial charge in [0.05, 0.1) is 38.4 Å². The number of nitrogens with one attached hydrogen (secondary N) is 2. The molecule has 0 aliphatic carbocycles. The number of ether oxygens (including phenoxy) is 2. The zero-order valence-corrected chi connectivity index (χ0v) is 17.8. The van der Waals surface area contributed by atoms with Crippen molar-refractivity contribution in [1.29, 1.82) is 0 Å². The van der Waals surface area contributed by atoms with E-state index in [0.717, 1.165) is 12.3 Å². The number of imidazole rings is 1. The monoisotopic (exact) mass is 446 g/mol. The van der Waals surface area contributed by atoms with Gasteiger partial charge in [-0.25, -0.2) is 13.8 Å². The quantitative estimate of drug-likeness (QED) is 0.539. The first-order valence-corrected chi connectivity index (χ1v) is 10.0. The topological polar surface area (TPSA) is 102 Å². The lowest BCUT2D eigenvalue weighted by molar-refractivity contribution is 0.122. The Kier molecular flexibility index (Phi) is 6.71. The average Bonchev–Trinajstić information content (AvgIpc) is 3.18. The van der Waals surface area contributed by atoms with E-state index in [0.29, 0.717) is 43.8 Å². The van der Waals surface area contributed by atoms with Gasteiger partial charge in [-0.05, 0) is 0 Å². The Morgan fingerprint density at radius 1 is 1.16 bits per heavy atom. The number of aryl methyl sites for hydroxylation is 1. The van der Waals surface area contributed by atoms with Gasteiger partial charge in [0, 0.05) is 45.6 Å². The van der Waals surface area contributed by atoms with Crippen LogP contribution >= 0.6 is 0 Å². The van der Waals surface area contributed by atoms with Crippen molar-refractivity contribution in [2.45, 2.75) is 6.04 Å². The van der Waals surface area contributed by atoms with E-state index < -0.39 is 17.7 Å². The summed E-state index contributed by atoms with van der Waals surface area (Å²) in [6.07, 6.45) is 4.44. The van der Waals surface area contributed by atoms with Gasteiger partial charge in [0.2, 0.25) is 5.95 Å². The van der Waals surface area contributed by atoms with Crippen LogP contribution in [0.1, 0.15) is 11.7 Å². The van der Waals surface area contributed by atoms with Gasteiger partial charge >= 0.3 is 0 Å². The molecule has 32 heavy (non-hydrogen) atoms. The van der Waals surface area contributed by atoms with E-state index in [4.69, 9.17) is 9.47 Å². The molecule has 0 bridgehead atoms. The molecular weight excluding hydrogens is 422 g/mol. The number of rotatable bonds is 8. The maximum absolute atomic E-state index is 14.4. The molecule has 3 aromatic heterocycles. The summed E-state index contributed by atoms with van der Waals surface area (Å²) in [6.45, 7) is 2.60. The summed E-state index contributed by atoms with van der Waals surface area (Å²) >= 11 is 0. The fourth-order valence-electron chi connectivity index (χ4n) is 3.32. The van der Waals surface area contributed by atoms with Crippen molar-refractivity contribution in [2.75, 3.05) is 55.6 Å². The van der Waals surface area contributed by atoms with Crippen LogP contribution in [0.2, 0.25) is 0 Å². The van der Waals surface area contributed by atoms with E-state index in [2.05, 4.69) is 35.5 Å². The first kappa shape index (κ1) is 21.8. The highest BCUT2D eigenvalue weighted by molar-refractivity contribution is 5.59. The molecule has 0 aromatic carbocycles. The largest absolute Gasteiger partial charge is 0.382 e. The lowest BCUT2D eigenvalue weighted by atomic mass is 10.2. The molecule has 0 spiro atoms. The molecule has 2 N–H and O–H groups in total. The number of hydrogen-bond acceptors (Lipinski definition) is 9. The van der Waals surface area contributed by atoms with Crippen LogP contribution in [0, 0.1) is 11.6 Å². The minimum Gasteiger partial charge on any atom is -0.382 e. The molecule has 1 aliphatic rings. The van der Waals surface area contributed by atoms with Gasteiger partial charge in [0.1, 0.15) is 34.8 Å². The van der Waals surface area contributed by atoms with Crippen LogP contribution in [0.15, 0.2) is 30.9 Å². The molecular formula is C20H24F2N8O2. The Balaban J connectivity index is 1.66. The Bertz CT molecular complexity index is 1060. The Morgan fingerprint density at radius 3 is 2.66 bits per heavy atom. The second-order valence-electron chi connectivity index (χ2n) is 7.26. The van der Waals surface area contributed by atoms with Crippen molar-refractivity contribution >= 4 is 23.4 Å². The third-order valence-electron chi connectivity index (χ3n) is 4.81. The number of hydrogen-bond donors (Lipinski definition) is 2. The summed E-state index contributed by atoms with van der Waals surface area (Å²) in [5, 5.41) is 6.23. The summed E-state index contributed by atoms with van der Waals surface area (Å²) < 4.78 is 40.2. The minimum atomic E-state index is -0.782. The van der Waals surface area contributed by atoms with Gasteiger partial charge in [0.25, 0.3) is 0 Å². The average molecular weight is 446 g/mol. The molecule has 1 atom stereocenters. The van der Waals surface area contributed by atoms with Crippen molar-refractivity contribution in [2.24, 2.45) is 7.05 Å². The van der Waals surface area contributed by atoms with Crippen molar-refractivity contribution < 1.29 is 18.3 Å². The summed E-state index contributed by atoms with van der Waals surface area (Å²) in [5.41, 5.74) is 0.00728. The zero-order chi connectivity index (χ0) is 22.5. The van der Waals surface area contributed by atoms with Gasteiger partial charge in [-0.2, -0.15) is 9.97 Å². The van der Waals surface area contributed by atoms with Crippen LogP contribution in [-0.4, -0.2) is 64.5 Å². The lowest BCUT2D eigenvalue weighted by Gasteiger charge is -2.28. The molecule has 0 saturated carbocycles. The van der Waals surface area contributed by atoms with Crippen LogP contribution in [0.5, 0.6) is 0 Å². The van der Waals surface area contributed by atoms with Crippen LogP contribution in [0.4, 0.5) is 32.2 Å². The molecule has 1 fully saturated rings. The molecule has 10 nitrogen and oxygen atoms in total. The fourth-order valence-corrected chi connectivity index (χ4v) is 3.32. The summed E-state index contributed by atoms with van der Waals surface area (Å²) in [6, 6.07) is 1.86. The Hall–Kier alpha value is -3.38. The second-order valence-corrected chi connectivity index (χ2v) is 7.26. The Morgan fingerprint density at radius 2 is 1.97 bits per heavy atom. The van der Waals surface area contributed by atoms with E-state index in [1.807, 2.05) is 23.9 Å². The Labute approximate surface area is 183 Å². The molecule has 4 heterocycles. The van der Waals surface area contributed by atoms with E-state index in [9.17, 15) is 8.78 Å². The highest BCUT2D eigenvalue weighted by Crippen LogP contribution is 2.25. The number of halogens is 2. The van der Waals surface area contributed by atoms with Crippen molar-refractivity contribution in [1.82, 2.24) is 24.5 Å². The van der Waals surface area contributed by atoms with Crippen molar-refractivity contribution in [3.05, 3.63) is 48.2 Å². The number of nitrogens with zero attached hydrogens (tertiary/aromatic N) is 6. The lowest BCUT2D eigenvalue weighted by Crippen LogP contribution is -2.37. The first-order valence-electron chi connectivity index (χ1n) is 10.0. The number of pyridine rings is 1. The molecule has 0 amide bonds. The highest BCUT2D eigenvalue weighted by Gasteiger charge is 2.21. The van der Waals surface area contributed by atoms with Gasteiger partial charge in [-0.15, -0.1) is 0 Å². The predicted molar refractivity (Wildman–Crippen MR) is 114 cm³/mol. The third-order valence-corrected chi connectivity index (χ3v) is 4.81. The number of aromatic nitrogens is 5. The molecule has 1 saturated heterocycles.